The SMILES string of the molecule is FC(F)(F)c1cc([B-](c2cc(C(F)(F)F)cc(C(F)(F)F)c2)(c2cc(C(F)(F)F)cc(C(F)(F)F)c2)c2cc(C(F)(F)F)cc(C(F)(F)F)c2)cc(C(F)(F)F)c1.O=C(C[n+]1c(Cc2c3ccccc3cc3ccccc23)ccc2ccccc21)c1ccccc1. The van der Waals surface area contributed by atoms with Crippen LogP contribution < -0.4 is 26.4 Å². The third-order valence-electron chi connectivity index (χ3n) is 15.1. The van der Waals surface area contributed by atoms with Gasteiger partial charge in [-0.15, -0.1) is 0 Å². The maximum Gasteiger partial charge on any atom is 0.416 e. The summed E-state index contributed by atoms with van der Waals surface area (Å²) in [6, 6.07) is 32.8. The Labute approximate surface area is 497 Å². The number of para-hydroxylation sites is 1. The molecular weight excluding hydrogens is 1270 g/mol. The number of Topliss-reactive ketones (excluding diaryl/α,β-unsaturated/α-hetero) is 1. The number of fused-ring (bicyclic) bond motifs is 3. The molecule has 0 saturated heterocycles. The molecule has 0 atom stereocenters. The molecule has 10 rings (SSSR count). The molecule has 9 aromatic carbocycles. The number of pyridine rings is 1. The van der Waals surface area contributed by atoms with Crippen molar-refractivity contribution in [1.82, 2.24) is 0 Å². The smallest absolute Gasteiger partial charge is 0.287 e. The van der Waals surface area contributed by atoms with E-state index in [1.54, 1.807) is 0 Å². The molecule has 0 aliphatic carbocycles. The number of hydrogen-bond acceptors (Lipinski definition) is 1. The Morgan fingerprint density at radius 2 is 0.593 bits per heavy atom. The van der Waals surface area contributed by atoms with Crippen molar-refractivity contribution in [3.63, 3.8) is 0 Å². The van der Waals surface area contributed by atoms with Gasteiger partial charge in [0.05, 0.1) is 50.9 Å². The highest BCUT2D eigenvalue weighted by Gasteiger charge is 2.47. The molecule has 0 spiro atoms. The van der Waals surface area contributed by atoms with Crippen molar-refractivity contribution in [2.75, 3.05) is 0 Å². The highest BCUT2D eigenvalue weighted by molar-refractivity contribution is 7.20. The predicted octanol–water partition coefficient (Wildman–Crippen LogP) is 18.1. The van der Waals surface area contributed by atoms with Gasteiger partial charge in [-0.05, 0) is 69.6 Å². The van der Waals surface area contributed by atoms with Gasteiger partial charge in [0.25, 0.3) is 0 Å². The van der Waals surface area contributed by atoms with Crippen molar-refractivity contribution < 1.29 is 115 Å². The fourth-order valence-electron chi connectivity index (χ4n) is 11.1. The van der Waals surface area contributed by atoms with Crippen LogP contribution >= 0.6 is 0 Å². The molecule has 0 radical (unpaired) electrons. The third kappa shape index (κ3) is 14.1. The molecule has 1 aromatic heterocycles. The molecule has 91 heavy (non-hydrogen) atoms. The number of rotatable bonds is 9. The number of hydrogen-bond donors (Lipinski definition) is 0. The predicted molar refractivity (Wildman–Crippen MR) is 289 cm³/mol. The van der Waals surface area contributed by atoms with Gasteiger partial charge in [0, 0.05) is 23.1 Å². The van der Waals surface area contributed by atoms with Crippen LogP contribution in [0.3, 0.4) is 0 Å². The number of carbonyl (C=O) groups is 1. The minimum Gasteiger partial charge on any atom is -0.287 e. The molecule has 0 bridgehead atoms. The molecule has 0 N–H and O–H groups in total. The van der Waals surface area contributed by atoms with Crippen LogP contribution in [0.15, 0.2) is 194 Å². The zero-order valence-electron chi connectivity index (χ0n) is 45.4. The largest absolute Gasteiger partial charge is 0.416 e. The van der Waals surface area contributed by atoms with E-state index in [0.717, 1.165) is 28.6 Å². The number of benzene rings is 9. The Morgan fingerprint density at radius 1 is 0.308 bits per heavy atom. The number of alkyl halides is 24. The molecule has 474 valence electrons. The lowest BCUT2D eigenvalue weighted by atomic mass is 9.12. The first-order valence-corrected chi connectivity index (χ1v) is 26.3. The first kappa shape index (κ1) is 66.4. The van der Waals surface area contributed by atoms with E-state index in [1.807, 2.05) is 42.5 Å². The van der Waals surface area contributed by atoms with E-state index in [-0.39, 0.29) is 5.78 Å². The van der Waals surface area contributed by atoms with Gasteiger partial charge in [0.2, 0.25) is 17.8 Å². The van der Waals surface area contributed by atoms with Crippen molar-refractivity contribution in [1.29, 1.82) is 0 Å². The number of aromatic nitrogens is 1. The topological polar surface area (TPSA) is 20.9 Å². The number of ketones is 1. The minimum absolute atomic E-state index is 0.117. The number of nitrogens with zero attached hydrogens (tertiary/aromatic N) is 1. The van der Waals surface area contributed by atoms with Crippen molar-refractivity contribution in [2.45, 2.75) is 62.4 Å². The highest BCUT2D eigenvalue weighted by Crippen LogP contribution is 2.42. The summed E-state index contributed by atoms with van der Waals surface area (Å²) in [6.07, 6.45) is -54.1. The molecular formula is C64H36BF24NO. The molecule has 10 aromatic rings. The van der Waals surface area contributed by atoms with Crippen molar-refractivity contribution in [3.8, 4) is 0 Å². The summed E-state index contributed by atoms with van der Waals surface area (Å²) >= 11 is 0. The van der Waals surface area contributed by atoms with Crippen molar-refractivity contribution in [3.05, 3.63) is 255 Å². The summed E-state index contributed by atoms with van der Waals surface area (Å²) in [5.74, 6) is 0.117. The van der Waals surface area contributed by atoms with Gasteiger partial charge >= 0.3 is 49.4 Å². The van der Waals surface area contributed by atoms with Gasteiger partial charge in [0.1, 0.15) is 6.15 Å². The second-order valence-corrected chi connectivity index (χ2v) is 21.0. The zero-order chi connectivity index (χ0) is 66.8. The summed E-state index contributed by atoms with van der Waals surface area (Å²) in [5, 5.41) is 6.13. The first-order chi connectivity index (χ1) is 42.0. The van der Waals surface area contributed by atoms with Crippen LogP contribution in [-0.4, -0.2) is 11.9 Å². The van der Waals surface area contributed by atoms with Crippen molar-refractivity contribution in [2.24, 2.45) is 0 Å². The Balaban J connectivity index is 0.000000242. The summed E-state index contributed by atoms with van der Waals surface area (Å²) in [4.78, 5) is 13.3. The van der Waals surface area contributed by atoms with Crippen LogP contribution in [0.4, 0.5) is 105 Å². The molecule has 0 saturated carbocycles. The number of halogens is 24. The van der Waals surface area contributed by atoms with Crippen LogP contribution in [0.5, 0.6) is 0 Å². The summed E-state index contributed by atoms with van der Waals surface area (Å²) in [5.41, 5.74) is -26.0. The summed E-state index contributed by atoms with van der Waals surface area (Å²) in [7, 11) is 0. The van der Waals surface area contributed by atoms with Crippen LogP contribution in [0.25, 0.3) is 32.4 Å². The maximum absolute atomic E-state index is 14.2. The average molecular weight is 1300 g/mol. The van der Waals surface area contributed by atoms with Gasteiger partial charge in [-0.1, -0.05) is 140 Å². The lowest BCUT2D eigenvalue weighted by Gasteiger charge is -2.46. The van der Waals surface area contributed by atoms with E-state index >= 15 is 0 Å². The number of carbonyl (C=O) groups excluding carboxylic acids is 1. The molecule has 1 heterocycles. The van der Waals surface area contributed by atoms with Crippen LogP contribution in [-0.2, 0) is 62.4 Å². The molecule has 0 aliphatic rings. The highest BCUT2D eigenvalue weighted by atomic mass is 19.4. The third-order valence-corrected chi connectivity index (χ3v) is 15.1. The summed E-state index contributed by atoms with van der Waals surface area (Å²) in [6.45, 7) is 0.309. The Hall–Kier alpha value is -9.04. The Kier molecular flexibility index (Phi) is 17.3. The maximum atomic E-state index is 14.2. The van der Waals surface area contributed by atoms with Gasteiger partial charge in [-0.3, -0.25) is 4.79 Å². The molecule has 27 heteroatoms. The monoisotopic (exact) mass is 1300 g/mol. The molecule has 2 nitrogen and oxygen atoms in total. The van der Waals surface area contributed by atoms with Gasteiger partial charge in [0.15, 0.2) is 5.69 Å². The van der Waals surface area contributed by atoms with Crippen LogP contribution in [0, 0.1) is 0 Å². The van der Waals surface area contributed by atoms with Crippen molar-refractivity contribution >= 4 is 66.2 Å². The molecule has 0 fully saturated rings. The fourth-order valence-corrected chi connectivity index (χ4v) is 11.1. The second kappa shape index (κ2) is 23.6. The molecule has 0 amide bonds. The Morgan fingerprint density at radius 3 is 0.912 bits per heavy atom. The van der Waals surface area contributed by atoms with Gasteiger partial charge < -0.3 is 0 Å². The van der Waals surface area contributed by atoms with E-state index in [4.69, 9.17) is 0 Å². The van der Waals surface area contributed by atoms with E-state index in [1.165, 1.54) is 27.1 Å². The standard InChI is InChI=1S/C32H12BF24.C32H24NO/c34-25(35,36)13-1-14(26(37,38)39)6-21(5-13)33(22-7-15(27(40,41)42)2-16(8-22)28(43,44)45,23-9-17(29(46,47)48)3-18(10-23)30(49,50)51)24-11-19(31(52,53)54)4-20(12-24)32(55,56)57;34-32(24-11-2-1-3-12-24)22-33-27(19-18-23-10-6-9-17-31(23)33)21-30-28-15-7-4-13-25(28)20-26-14-5-8-16-29(26)30/h1-12H;1-20H,21-22H2/q-1;+1. The lowest BCUT2D eigenvalue weighted by molar-refractivity contribution is -0.664. The van der Waals surface area contributed by atoms with Crippen LogP contribution in [0.1, 0.15) is 66.1 Å². The molecule has 0 unspecified atom stereocenters. The minimum atomic E-state index is -6.13. The van der Waals surface area contributed by atoms with Crippen LogP contribution in [0.2, 0.25) is 0 Å². The average Bonchev–Trinajstić information content (AvgIpc) is 0.715. The first-order valence-electron chi connectivity index (χ1n) is 26.3. The van der Waals surface area contributed by atoms with Gasteiger partial charge in [-0.2, -0.15) is 132 Å². The van der Waals surface area contributed by atoms with E-state index < -0.39 is 195 Å². The van der Waals surface area contributed by atoms with E-state index in [2.05, 4.69) is 83.4 Å². The molecule has 0 aliphatic heterocycles. The van der Waals surface area contributed by atoms with E-state index in [9.17, 15) is 110 Å². The fraction of sp³-hybridized carbons (Fsp3) is 0.156. The Bertz CT molecular complexity index is 3890. The quantitative estimate of drug-likeness (QED) is 0.0464. The normalized spacial score (nSPS) is 13.2. The summed E-state index contributed by atoms with van der Waals surface area (Å²) < 4.78 is 343. The zero-order valence-corrected chi connectivity index (χ0v) is 45.4. The second-order valence-electron chi connectivity index (χ2n) is 21.0. The van der Waals surface area contributed by atoms with E-state index in [0.29, 0.717) is 6.54 Å². The lowest BCUT2D eigenvalue weighted by Crippen LogP contribution is -2.75. The van der Waals surface area contributed by atoms with Gasteiger partial charge in [-0.25, -0.2) is 0 Å².